The molecule has 1 atom stereocenters. The highest BCUT2D eigenvalue weighted by Gasteiger charge is 2.23. The van der Waals surface area contributed by atoms with Crippen LogP contribution in [0.4, 0.5) is 0 Å². The van der Waals surface area contributed by atoms with E-state index in [1.165, 1.54) is 11.1 Å². The van der Waals surface area contributed by atoms with Gasteiger partial charge in [-0.25, -0.2) is 0 Å². The molecule has 0 radical (unpaired) electrons. The monoisotopic (exact) mass is 303 g/mol. The molecule has 20 heavy (non-hydrogen) atoms. The van der Waals surface area contributed by atoms with Crippen molar-refractivity contribution in [3.8, 4) is 0 Å². The molecular formula is C17H15Cl2N. The van der Waals surface area contributed by atoms with Gasteiger partial charge in [-0.3, -0.25) is 0 Å². The molecule has 3 rings (SSSR count). The van der Waals surface area contributed by atoms with Gasteiger partial charge in [0.25, 0.3) is 0 Å². The summed E-state index contributed by atoms with van der Waals surface area (Å²) >= 11 is 12.1. The van der Waals surface area contributed by atoms with Crippen LogP contribution in [0.5, 0.6) is 0 Å². The smallest absolute Gasteiger partial charge is 0.0595 e. The maximum Gasteiger partial charge on any atom is 0.0595 e. The molecule has 0 spiro atoms. The highest BCUT2D eigenvalue weighted by molar-refractivity contribution is 6.42. The minimum absolute atomic E-state index is 0.456. The number of benzene rings is 2. The molecule has 1 nitrogen and oxygen atoms in total. The lowest BCUT2D eigenvalue weighted by Gasteiger charge is -2.26. The first-order valence-electron chi connectivity index (χ1n) is 6.76. The third-order valence-electron chi connectivity index (χ3n) is 3.93. The molecule has 3 heteroatoms. The Morgan fingerprint density at radius 2 is 1.85 bits per heavy atom. The van der Waals surface area contributed by atoms with E-state index in [1.54, 1.807) is 0 Å². The third-order valence-corrected chi connectivity index (χ3v) is 4.67. The number of halogens is 2. The summed E-state index contributed by atoms with van der Waals surface area (Å²) in [5.41, 5.74) is 4.34. The first-order valence-corrected chi connectivity index (χ1v) is 7.51. The van der Waals surface area contributed by atoms with Gasteiger partial charge in [-0.15, -0.1) is 0 Å². The molecule has 102 valence electrons. The van der Waals surface area contributed by atoms with E-state index in [9.17, 15) is 0 Å². The van der Waals surface area contributed by atoms with Crippen molar-refractivity contribution in [3.05, 3.63) is 69.2 Å². The second kappa shape index (κ2) is 5.59. The minimum Gasteiger partial charge on any atom is -0.305 e. The topological polar surface area (TPSA) is 23.9 Å². The van der Waals surface area contributed by atoms with Gasteiger partial charge in [-0.1, -0.05) is 53.5 Å². The van der Waals surface area contributed by atoms with Crippen molar-refractivity contribution in [2.24, 2.45) is 0 Å². The van der Waals surface area contributed by atoms with Crippen molar-refractivity contribution in [2.75, 3.05) is 0 Å². The summed E-state index contributed by atoms with van der Waals surface area (Å²) in [4.78, 5) is 0. The first-order chi connectivity index (χ1) is 9.65. The van der Waals surface area contributed by atoms with Crippen molar-refractivity contribution in [1.29, 1.82) is 5.41 Å². The van der Waals surface area contributed by atoms with Crippen LogP contribution in [-0.4, -0.2) is 5.71 Å². The van der Waals surface area contributed by atoms with E-state index in [1.807, 2.05) is 24.3 Å². The highest BCUT2D eigenvalue weighted by atomic mass is 35.5. The summed E-state index contributed by atoms with van der Waals surface area (Å²) in [5.74, 6) is 0.456. The molecule has 0 saturated carbocycles. The maximum atomic E-state index is 8.06. The molecule has 0 bridgehead atoms. The number of fused-ring (bicyclic) bond motifs is 1. The quantitative estimate of drug-likeness (QED) is 0.759. The van der Waals surface area contributed by atoms with Crippen LogP contribution in [0, 0.1) is 5.41 Å². The lowest BCUT2D eigenvalue weighted by Crippen LogP contribution is -2.17. The summed E-state index contributed by atoms with van der Waals surface area (Å²) in [6, 6.07) is 14.1. The fourth-order valence-corrected chi connectivity index (χ4v) is 3.22. The van der Waals surface area contributed by atoms with Crippen molar-refractivity contribution >= 4 is 28.9 Å². The average molecular weight is 304 g/mol. The van der Waals surface area contributed by atoms with Gasteiger partial charge in [0.15, 0.2) is 0 Å². The van der Waals surface area contributed by atoms with E-state index >= 15 is 0 Å². The van der Waals surface area contributed by atoms with E-state index in [4.69, 9.17) is 28.6 Å². The van der Waals surface area contributed by atoms with Gasteiger partial charge >= 0.3 is 0 Å². The van der Waals surface area contributed by atoms with Crippen LogP contribution >= 0.6 is 23.2 Å². The van der Waals surface area contributed by atoms with Crippen LogP contribution in [0.15, 0.2) is 42.5 Å². The van der Waals surface area contributed by atoms with Crippen LogP contribution in [0.25, 0.3) is 0 Å². The summed E-state index contributed by atoms with van der Waals surface area (Å²) in [5, 5.41) is 9.27. The molecule has 2 aromatic carbocycles. The highest BCUT2D eigenvalue weighted by Crippen LogP contribution is 2.35. The summed E-state index contributed by atoms with van der Waals surface area (Å²) in [7, 11) is 0. The van der Waals surface area contributed by atoms with Crippen molar-refractivity contribution in [2.45, 2.75) is 25.2 Å². The molecule has 1 aliphatic carbocycles. The van der Waals surface area contributed by atoms with Gasteiger partial charge in [0.2, 0.25) is 0 Å². The van der Waals surface area contributed by atoms with E-state index in [-0.39, 0.29) is 0 Å². The molecule has 0 heterocycles. The number of rotatable bonds is 2. The lowest BCUT2D eigenvalue weighted by molar-refractivity contribution is 0.623. The molecule has 1 N–H and O–H groups in total. The van der Waals surface area contributed by atoms with Crippen LogP contribution in [0.1, 0.15) is 35.4 Å². The van der Waals surface area contributed by atoms with Gasteiger partial charge in [0, 0.05) is 5.71 Å². The Labute approximate surface area is 129 Å². The SMILES string of the molecule is N=C1CCC(Cc2ccc(Cl)c(Cl)c2)c2ccccc21. The number of hydrogen-bond donors (Lipinski definition) is 1. The standard InChI is InChI=1S/C17H15Cl2N/c18-15-7-5-11(10-16(15)19)9-12-6-8-17(20)14-4-2-1-3-13(12)14/h1-5,7,10,12,20H,6,8-9H2. The van der Waals surface area contributed by atoms with Gasteiger partial charge in [0.05, 0.1) is 10.0 Å². The Kier molecular flexibility index (Phi) is 3.82. The minimum atomic E-state index is 0.456. The van der Waals surface area contributed by atoms with Gasteiger partial charge < -0.3 is 5.41 Å². The molecule has 2 aromatic rings. The first kappa shape index (κ1) is 13.7. The molecule has 0 saturated heterocycles. The van der Waals surface area contributed by atoms with Gasteiger partial charge in [0.1, 0.15) is 0 Å². The molecule has 0 fully saturated rings. The van der Waals surface area contributed by atoms with E-state index in [0.717, 1.165) is 30.5 Å². The molecule has 0 amide bonds. The Morgan fingerprint density at radius 3 is 2.65 bits per heavy atom. The molecular weight excluding hydrogens is 289 g/mol. The van der Waals surface area contributed by atoms with Crippen molar-refractivity contribution in [1.82, 2.24) is 0 Å². The predicted molar refractivity (Wildman–Crippen MR) is 85.4 cm³/mol. The summed E-state index contributed by atoms with van der Waals surface area (Å²) in [6.07, 6.45) is 2.82. The largest absolute Gasteiger partial charge is 0.305 e. The van der Waals surface area contributed by atoms with E-state index in [2.05, 4.69) is 18.2 Å². The molecule has 1 aliphatic rings. The van der Waals surface area contributed by atoms with Crippen LogP contribution in [-0.2, 0) is 6.42 Å². The number of nitrogens with one attached hydrogen (secondary N) is 1. The fourth-order valence-electron chi connectivity index (χ4n) is 2.90. The molecule has 0 aliphatic heterocycles. The van der Waals surface area contributed by atoms with Crippen molar-refractivity contribution < 1.29 is 0 Å². The molecule has 0 aromatic heterocycles. The zero-order chi connectivity index (χ0) is 14.1. The fraction of sp³-hybridized carbons (Fsp3) is 0.235. The van der Waals surface area contributed by atoms with Crippen molar-refractivity contribution in [3.63, 3.8) is 0 Å². The van der Waals surface area contributed by atoms with Gasteiger partial charge in [-0.2, -0.15) is 0 Å². The maximum absolute atomic E-state index is 8.06. The van der Waals surface area contributed by atoms with Crippen LogP contribution in [0.3, 0.4) is 0 Å². The number of hydrogen-bond acceptors (Lipinski definition) is 1. The Bertz CT molecular complexity index is 664. The van der Waals surface area contributed by atoms with Crippen LogP contribution in [0.2, 0.25) is 10.0 Å². The normalized spacial score (nSPS) is 17.9. The zero-order valence-corrected chi connectivity index (χ0v) is 12.5. The van der Waals surface area contributed by atoms with E-state index < -0.39 is 0 Å². The summed E-state index contributed by atoms with van der Waals surface area (Å²) < 4.78 is 0. The predicted octanol–water partition coefficient (Wildman–Crippen LogP) is 5.48. The lowest BCUT2D eigenvalue weighted by atomic mass is 9.79. The Balaban J connectivity index is 1.90. The Morgan fingerprint density at radius 1 is 1.05 bits per heavy atom. The Hall–Kier alpha value is -1.31. The second-order valence-electron chi connectivity index (χ2n) is 5.25. The zero-order valence-electron chi connectivity index (χ0n) is 11.0. The summed E-state index contributed by atoms with van der Waals surface area (Å²) in [6.45, 7) is 0. The third kappa shape index (κ3) is 2.61. The van der Waals surface area contributed by atoms with E-state index in [0.29, 0.717) is 16.0 Å². The molecule has 1 unspecified atom stereocenters. The average Bonchev–Trinajstić information content (AvgIpc) is 2.46. The van der Waals surface area contributed by atoms with Crippen LogP contribution < -0.4 is 0 Å². The van der Waals surface area contributed by atoms with Gasteiger partial charge in [-0.05, 0) is 54.0 Å². The second-order valence-corrected chi connectivity index (χ2v) is 6.07.